The molecule has 2 atom stereocenters. The molecule has 1 N–H and O–H groups in total. The normalized spacial score (nSPS) is 26.4. The molecule has 1 aromatic heterocycles. The summed E-state index contributed by atoms with van der Waals surface area (Å²) < 4.78 is 5.40. The molecule has 0 aliphatic carbocycles. The highest BCUT2D eigenvalue weighted by Crippen LogP contribution is 2.32. The highest BCUT2D eigenvalue weighted by molar-refractivity contribution is 6.05. The van der Waals surface area contributed by atoms with Crippen LogP contribution < -0.4 is 0 Å². The van der Waals surface area contributed by atoms with Crippen LogP contribution in [0.1, 0.15) is 28.9 Å². The van der Waals surface area contributed by atoms with E-state index in [2.05, 4.69) is 40.4 Å². The number of ether oxygens (including phenoxy) is 1. The largest absolute Gasteiger partial charge is 0.377 e. The van der Waals surface area contributed by atoms with E-state index in [-0.39, 0.29) is 5.91 Å². The Kier molecular flexibility index (Phi) is 3.43. The van der Waals surface area contributed by atoms with Gasteiger partial charge in [-0.3, -0.25) is 14.8 Å². The van der Waals surface area contributed by atoms with Crippen LogP contribution in [-0.4, -0.2) is 71.3 Å². The SMILES string of the molecule is CN1C[C@@H]2C[C@H]1CN2C(=O)c1n[nH]c2ccc(C3=CCOCC3)cc12. The van der Waals surface area contributed by atoms with E-state index in [0.717, 1.165) is 49.0 Å². The lowest BCUT2D eigenvalue weighted by molar-refractivity contribution is 0.0646. The Hall–Kier alpha value is -2.18. The van der Waals surface area contributed by atoms with Crippen LogP contribution in [0.5, 0.6) is 0 Å². The second-order valence-corrected chi connectivity index (χ2v) is 7.33. The zero-order chi connectivity index (χ0) is 17.0. The fraction of sp³-hybridized carbons (Fsp3) is 0.474. The fourth-order valence-electron chi connectivity index (χ4n) is 4.42. The first-order valence-corrected chi connectivity index (χ1v) is 8.97. The van der Waals surface area contributed by atoms with Gasteiger partial charge in [0.05, 0.1) is 18.7 Å². The molecule has 5 rings (SSSR count). The number of carbonyl (C=O) groups is 1. The van der Waals surface area contributed by atoms with Gasteiger partial charge in [-0.15, -0.1) is 0 Å². The number of carbonyl (C=O) groups excluding carboxylic acids is 1. The fourth-order valence-corrected chi connectivity index (χ4v) is 4.42. The predicted molar refractivity (Wildman–Crippen MR) is 95.4 cm³/mol. The van der Waals surface area contributed by atoms with Crippen molar-refractivity contribution in [2.75, 3.05) is 33.4 Å². The number of fused-ring (bicyclic) bond motifs is 3. The number of rotatable bonds is 2. The number of amides is 1. The quantitative estimate of drug-likeness (QED) is 0.908. The number of H-pyrrole nitrogens is 1. The maximum Gasteiger partial charge on any atom is 0.275 e. The van der Waals surface area contributed by atoms with Gasteiger partial charge in [-0.1, -0.05) is 12.1 Å². The Morgan fingerprint density at radius 2 is 2.24 bits per heavy atom. The van der Waals surface area contributed by atoms with Crippen molar-refractivity contribution in [1.29, 1.82) is 0 Å². The lowest BCUT2D eigenvalue weighted by atomic mass is 9.99. The smallest absolute Gasteiger partial charge is 0.275 e. The lowest BCUT2D eigenvalue weighted by Crippen LogP contribution is -2.47. The second kappa shape index (κ2) is 5.68. The Labute approximate surface area is 146 Å². The van der Waals surface area contributed by atoms with E-state index in [1.54, 1.807) is 0 Å². The molecule has 4 heterocycles. The molecule has 25 heavy (non-hydrogen) atoms. The molecule has 130 valence electrons. The van der Waals surface area contributed by atoms with Gasteiger partial charge in [0.25, 0.3) is 5.91 Å². The molecule has 0 spiro atoms. The zero-order valence-electron chi connectivity index (χ0n) is 14.4. The number of likely N-dealkylation sites (N-methyl/N-ethyl adjacent to an activating group) is 1. The van der Waals surface area contributed by atoms with E-state index in [1.807, 2.05) is 11.0 Å². The molecule has 2 fully saturated rings. The Bertz CT molecular complexity index is 869. The van der Waals surface area contributed by atoms with Crippen molar-refractivity contribution < 1.29 is 9.53 Å². The Balaban J connectivity index is 1.49. The first-order chi connectivity index (χ1) is 12.2. The molecule has 6 nitrogen and oxygen atoms in total. The first kappa shape index (κ1) is 15.1. The number of aromatic nitrogens is 2. The van der Waals surface area contributed by atoms with Gasteiger partial charge in [0.1, 0.15) is 0 Å². The summed E-state index contributed by atoms with van der Waals surface area (Å²) in [6.45, 7) is 3.20. The van der Waals surface area contributed by atoms with Crippen molar-refractivity contribution in [3.63, 3.8) is 0 Å². The number of hydrogen-bond acceptors (Lipinski definition) is 4. The van der Waals surface area contributed by atoms with Crippen LogP contribution in [0.15, 0.2) is 24.3 Å². The predicted octanol–water partition coefficient (Wildman–Crippen LogP) is 1.90. The third-order valence-electron chi connectivity index (χ3n) is 5.87. The number of likely N-dealkylation sites (tertiary alicyclic amines) is 2. The molecule has 2 aromatic rings. The molecular weight excluding hydrogens is 316 g/mol. The van der Waals surface area contributed by atoms with Crippen molar-refractivity contribution >= 4 is 22.4 Å². The van der Waals surface area contributed by atoms with Crippen LogP contribution in [0.3, 0.4) is 0 Å². The monoisotopic (exact) mass is 338 g/mol. The molecule has 2 bridgehead atoms. The van der Waals surface area contributed by atoms with Crippen molar-refractivity contribution in [3.05, 3.63) is 35.5 Å². The van der Waals surface area contributed by atoms with Crippen LogP contribution in [0.4, 0.5) is 0 Å². The minimum absolute atomic E-state index is 0.0601. The van der Waals surface area contributed by atoms with Gasteiger partial charge in [0, 0.05) is 30.6 Å². The zero-order valence-corrected chi connectivity index (χ0v) is 14.4. The second-order valence-electron chi connectivity index (χ2n) is 7.33. The number of nitrogens with one attached hydrogen (secondary N) is 1. The van der Waals surface area contributed by atoms with E-state index >= 15 is 0 Å². The van der Waals surface area contributed by atoms with E-state index in [9.17, 15) is 4.79 Å². The number of hydrogen-bond donors (Lipinski definition) is 1. The average molecular weight is 338 g/mol. The van der Waals surface area contributed by atoms with E-state index in [1.165, 1.54) is 5.57 Å². The molecule has 6 heteroatoms. The van der Waals surface area contributed by atoms with Crippen molar-refractivity contribution in [2.45, 2.75) is 24.9 Å². The minimum Gasteiger partial charge on any atom is -0.377 e. The molecule has 0 radical (unpaired) electrons. The van der Waals surface area contributed by atoms with Crippen LogP contribution in [0.25, 0.3) is 16.5 Å². The first-order valence-electron chi connectivity index (χ1n) is 8.97. The third-order valence-corrected chi connectivity index (χ3v) is 5.87. The molecule has 1 amide bonds. The highest BCUT2D eigenvalue weighted by Gasteiger charge is 2.44. The van der Waals surface area contributed by atoms with E-state index in [0.29, 0.717) is 24.4 Å². The van der Waals surface area contributed by atoms with Crippen LogP contribution in [0.2, 0.25) is 0 Å². The van der Waals surface area contributed by atoms with Gasteiger partial charge in [-0.25, -0.2) is 0 Å². The van der Waals surface area contributed by atoms with Gasteiger partial charge < -0.3 is 9.64 Å². The maximum atomic E-state index is 13.1. The Morgan fingerprint density at radius 1 is 1.32 bits per heavy atom. The summed E-state index contributed by atoms with van der Waals surface area (Å²) in [5, 5.41) is 8.30. The third kappa shape index (κ3) is 2.40. The van der Waals surface area contributed by atoms with E-state index < -0.39 is 0 Å². The van der Waals surface area contributed by atoms with Gasteiger partial charge in [0.15, 0.2) is 5.69 Å². The number of aromatic amines is 1. The minimum atomic E-state index is 0.0601. The summed E-state index contributed by atoms with van der Waals surface area (Å²) >= 11 is 0. The summed E-state index contributed by atoms with van der Waals surface area (Å²) in [7, 11) is 2.14. The summed E-state index contributed by atoms with van der Waals surface area (Å²) in [4.78, 5) is 17.5. The van der Waals surface area contributed by atoms with Crippen LogP contribution in [-0.2, 0) is 4.74 Å². The number of piperazine rings is 1. The topological polar surface area (TPSA) is 61.5 Å². The average Bonchev–Trinajstić information content (AvgIpc) is 3.34. The number of nitrogens with zero attached hydrogens (tertiary/aromatic N) is 3. The molecule has 0 saturated carbocycles. The van der Waals surface area contributed by atoms with Crippen LogP contribution in [0, 0.1) is 0 Å². The lowest BCUT2D eigenvalue weighted by Gasteiger charge is -2.31. The van der Waals surface area contributed by atoms with Crippen molar-refractivity contribution in [2.24, 2.45) is 0 Å². The molecular formula is C19H22N4O2. The number of benzene rings is 1. The van der Waals surface area contributed by atoms with Crippen LogP contribution >= 0.6 is 0 Å². The standard InChI is InChI=1S/C19H22N4O2/c1-22-10-15-9-14(22)11-23(15)19(24)18-16-8-13(2-3-17(16)20-21-18)12-4-6-25-7-5-12/h2-4,8,14-15H,5-7,9-11H2,1H3,(H,20,21)/t14-,15-/m0/s1. The summed E-state index contributed by atoms with van der Waals surface area (Å²) in [5.41, 5.74) is 3.92. The molecule has 1 aromatic carbocycles. The summed E-state index contributed by atoms with van der Waals surface area (Å²) in [5.74, 6) is 0.0601. The maximum absolute atomic E-state index is 13.1. The summed E-state index contributed by atoms with van der Waals surface area (Å²) in [6, 6.07) is 7.05. The van der Waals surface area contributed by atoms with E-state index in [4.69, 9.17) is 4.74 Å². The molecule has 3 aliphatic rings. The molecule has 3 aliphatic heterocycles. The Morgan fingerprint density at radius 3 is 2.96 bits per heavy atom. The molecule has 0 unspecified atom stereocenters. The summed E-state index contributed by atoms with van der Waals surface area (Å²) in [6.07, 6.45) is 4.12. The molecule has 2 saturated heterocycles. The van der Waals surface area contributed by atoms with Crippen molar-refractivity contribution in [1.82, 2.24) is 20.0 Å². The highest BCUT2D eigenvalue weighted by atomic mass is 16.5. The van der Waals surface area contributed by atoms with Crippen molar-refractivity contribution in [3.8, 4) is 0 Å². The van der Waals surface area contributed by atoms with Gasteiger partial charge >= 0.3 is 0 Å². The van der Waals surface area contributed by atoms with Gasteiger partial charge in [-0.05, 0) is 43.2 Å². The van der Waals surface area contributed by atoms with Gasteiger partial charge in [-0.2, -0.15) is 5.10 Å². The van der Waals surface area contributed by atoms with Gasteiger partial charge in [0.2, 0.25) is 0 Å².